The summed E-state index contributed by atoms with van der Waals surface area (Å²) in [5.41, 5.74) is 0.522. The van der Waals surface area contributed by atoms with Crippen molar-refractivity contribution < 1.29 is 9.53 Å². The van der Waals surface area contributed by atoms with E-state index in [0.29, 0.717) is 18.2 Å². The van der Waals surface area contributed by atoms with Crippen molar-refractivity contribution in [2.75, 3.05) is 20.3 Å². The molecule has 0 saturated carbocycles. The molecule has 1 aromatic carbocycles. The number of hydrogen-bond acceptors (Lipinski definition) is 3. The van der Waals surface area contributed by atoms with Crippen molar-refractivity contribution in [1.82, 2.24) is 10.2 Å². The fraction of sp³-hybridized carbons (Fsp3) is 0.533. The number of amides is 1. The minimum atomic E-state index is -0.516. The van der Waals surface area contributed by atoms with Crippen molar-refractivity contribution in [3.63, 3.8) is 0 Å². The number of carbonyl (C=O) groups excluding carboxylic acids is 1. The third-order valence-corrected chi connectivity index (χ3v) is 4.18. The van der Waals surface area contributed by atoms with Crippen LogP contribution in [0.15, 0.2) is 24.3 Å². The standard InChI is InChI=1S/C15H21ClN2O2/c1-4-15(2)14(19)18(9-10-20-3)13(17-15)11-5-7-12(16)8-6-11/h5-8,13,17H,4,9-10H2,1-3H3. The summed E-state index contributed by atoms with van der Waals surface area (Å²) in [4.78, 5) is 14.4. The van der Waals surface area contributed by atoms with Crippen LogP contribution in [0.3, 0.4) is 0 Å². The van der Waals surface area contributed by atoms with Gasteiger partial charge in [-0.2, -0.15) is 0 Å². The normalized spacial score (nSPS) is 26.3. The number of hydrogen-bond donors (Lipinski definition) is 1. The number of ether oxygens (including phenoxy) is 1. The van der Waals surface area contributed by atoms with E-state index in [1.807, 2.05) is 43.0 Å². The molecule has 1 aromatic rings. The summed E-state index contributed by atoms with van der Waals surface area (Å²) in [6.07, 6.45) is 0.624. The molecule has 0 bridgehead atoms. The summed E-state index contributed by atoms with van der Waals surface area (Å²) in [7, 11) is 1.64. The molecule has 1 aliphatic heterocycles. The molecule has 1 heterocycles. The van der Waals surface area contributed by atoms with E-state index in [1.165, 1.54) is 0 Å². The summed E-state index contributed by atoms with van der Waals surface area (Å²) in [5, 5.41) is 4.13. The molecule has 0 spiro atoms. The second-order valence-electron chi connectivity index (χ2n) is 5.28. The highest BCUT2D eigenvalue weighted by Crippen LogP contribution is 2.32. The topological polar surface area (TPSA) is 41.6 Å². The molecule has 0 aliphatic carbocycles. The number of carbonyl (C=O) groups is 1. The monoisotopic (exact) mass is 296 g/mol. The molecular formula is C15H21ClN2O2. The Hall–Kier alpha value is -1.10. The quantitative estimate of drug-likeness (QED) is 0.908. The van der Waals surface area contributed by atoms with Gasteiger partial charge in [0.15, 0.2) is 0 Å². The first-order valence-electron chi connectivity index (χ1n) is 6.85. The van der Waals surface area contributed by atoms with Crippen LogP contribution in [0.25, 0.3) is 0 Å². The van der Waals surface area contributed by atoms with E-state index in [2.05, 4.69) is 5.32 Å². The fourth-order valence-electron chi connectivity index (χ4n) is 2.46. The molecule has 110 valence electrons. The van der Waals surface area contributed by atoms with Gasteiger partial charge < -0.3 is 9.64 Å². The van der Waals surface area contributed by atoms with Gasteiger partial charge >= 0.3 is 0 Å². The molecule has 1 fully saturated rings. The van der Waals surface area contributed by atoms with E-state index >= 15 is 0 Å². The molecule has 0 aromatic heterocycles. The first-order valence-corrected chi connectivity index (χ1v) is 7.23. The van der Waals surface area contributed by atoms with Gasteiger partial charge in [0.1, 0.15) is 6.17 Å². The van der Waals surface area contributed by atoms with Crippen molar-refractivity contribution in [1.29, 1.82) is 0 Å². The Bertz CT molecular complexity index is 477. The van der Waals surface area contributed by atoms with Gasteiger partial charge in [0.2, 0.25) is 5.91 Å². The van der Waals surface area contributed by atoms with E-state index in [1.54, 1.807) is 7.11 Å². The number of benzene rings is 1. The average molecular weight is 297 g/mol. The number of nitrogens with zero attached hydrogens (tertiary/aromatic N) is 1. The molecule has 1 saturated heterocycles. The van der Waals surface area contributed by atoms with Crippen LogP contribution in [0, 0.1) is 0 Å². The Labute approximate surface area is 125 Å². The molecule has 0 radical (unpaired) electrons. The smallest absolute Gasteiger partial charge is 0.244 e. The van der Waals surface area contributed by atoms with Gasteiger partial charge in [-0.15, -0.1) is 0 Å². The predicted molar refractivity (Wildman–Crippen MR) is 79.6 cm³/mol. The summed E-state index contributed by atoms with van der Waals surface area (Å²) in [6.45, 7) is 5.07. The second-order valence-corrected chi connectivity index (χ2v) is 5.71. The Morgan fingerprint density at radius 3 is 2.60 bits per heavy atom. The first-order chi connectivity index (χ1) is 9.51. The Morgan fingerprint density at radius 2 is 2.05 bits per heavy atom. The third-order valence-electron chi connectivity index (χ3n) is 3.93. The highest BCUT2D eigenvalue weighted by molar-refractivity contribution is 6.30. The predicted octanol–water partition coefficient (Wildman–Crippen LogP) is 2.59. The third kappa shape index (κ3) is 2.82. The lowest BCUT2D eigenvalue weighted by molar-refractivity contribution is -0.133. The van der Waals surface area contributed by atoms with Crippen molar-refractivity contribution in [3.8, 4) is 0 Å². The Morgan fingerprint density at radius 1 is 1.40 bits per heavy atom. The SMILES string of the molecule is CCC1(C)NC(c2ccc(Cl)cc2)N(CCOC)C1=O. The average Bonchev–Trinajstić information content (AvgIpc) is 2.71. The van der Waals surface area contributed by atoms with Gasteiger partial charge in [0.25, 0.3) is 0 Å². The molecule has 1 N–H and O–H groups in total. The molecule has 4 nitrogen and oxygen atoms in total. The minimum absolute atomic E-state index is 0.122. The molecule has 2 unspecified atom stereocenters. The van der Waals surface area contributed by atoms with Crippen LogP contribution in [0.2, 0.25) is 5.02 Å². The van der Waals surface area contributed by atoms with Crippen LogP contribution in [0.5, 0.6) is 0 Å². The van der Waals surface area contributed by atoms with Crippen LogP contribution in [-0.2, 0) is 9.53 Å². The maximum absolute atomic E-state index is 12.6. The molecule has 1 amide bonds. The number of nitrogens with one attached hydrogen (secondary N) is 1. The maximum Gasteiger partial charge on any atom is 0.244 e. The molecule has 2 rings (SSSR count). The van der Waals surface area contributed by atoms with Crippen LogP contribution >= 0.6 is 11.6 Å². The molecule has 2 atom stereocenters. The van der Waals surface area contributed by atoms with Crippen molar-refractivity contribution in [2.24, 2.45) is 0 Å². The summed E-state index contributed by atoms with van der Waals surface area (Å²) < 4.78 is 5.11. The lowest BCUT2D eigenvalue weighted by atomic mass is 9.99. The molecular weight excluding hydrogens is 276 g/mol. The van der Waals surface area contributed by atoms with Crippen LogP contribution in [0.1, 0.15) is 32.0 Å². The number of methoxy groups -OCH3 is 1. The largest absolute Gasteiger partial charge is 0.383 e. The van der Waals surface area contributed by atoms with Crippen LogP contribution in [-0.4, -0.2) is 36.6 Å². The zero-order chi connectivity index (χ0) is 14.8. The highest BCUT2D eigenvalue weighted by atomic mass is 35.5. The first kappa shape index (κ1) is 15.3. The van der Waals surface area contributed by atoms with Gasteiger partial charge in [0, 0.05) is 18.7 Å². The minimum Gasteiger partial charge on any atom is -0.383 e. The Balaban J connectivity index is 2.28. The number of halogens is 1. The van der Waals surface area contributed by atoms with E-state index in [9.17, 15) is 4.79 Å². The molecule has 1 aliphatic rings. The lowest BCUT2D eigenvalue weighted by Gasteiger charge is -2.24. The number of rotatable bonds is 5. The van der Waals surface area contributed by atoms with Gasteiger partial charge in [-0.1, -0.05) is 30.7 Å². The van der Waals surface area contributed by atoms with E-state index < -0.39 is 5.54 Å². The van der Waals surface area contributed by atoms with Crippen molar-refractivity contribution in [3.05, 3.63) is 34.9 Å². The lowest BCUT2D eigenvalue weighted by Crippen LogP contribution is -2.43. The molecule has 5 heteroatoms. The fourth-order valence-corrected chi connectivity index (χ4v) is 2.58. The van der Waals surface area contributed by atoms with E-state index in [4.69, 9.17) is 16.3 Å². The van der Waals surface area contributed by atoms with E-state index in [0.717, 1.165) is 12.0 Å². The van der Waals surface area contributed by atoms with Crippen molar-refractivity contribution >= 4 is 17.5 Å². The van der Waals surface area contributed by atoms with Gasteiger partial charge in [-0.25, -0.2) is 0 Å². The summed E-state index contributed by atoms with van der Waals surface area (Å²) in [5.74, 6) is 0.122. The zero-order valence-electron chi connectivity index (χ0n) is 12.1. The highest BCUT2D eigenvalue weighted by Gasteiger charge is 2.46. The van der Waals surface area contributed by atoms with Gasteiger partial charge in [-0.05, 0) is 31.0 Å². The van der Waals surface area contributed by atoms with Gasteiger partial charge in [-0.3, -0.25) is 10.1 Å². The van der Waals surface area contributed by atoms with Gasteiger partial charge in [0.05, 0.1) is 12.1 Å². The Kier molecular flexibility index (Phi) is 4.68. The summed E-state index contributed by atoms with van der Waals surface area (Å²) in [6, 6.07) is 7.60. The van der Waals surface area contributed by atoms with Crippen LogP contribution < -0.4 is 5.32 Å². The van der Waals surface area contributed by atoms with Crippen molar-refractivity contribution in [2.45, 2.75) is 32.0 Å². The van der Waals surface area contributed by atoms with Crippen LogP contribution in [0.4, 0.5) is 0 Å². The van der Waals surface area contributed by atoms with E-state index in [-0.39, 0.29) is 12.1 Å². The zero-order valence-corrected chi connectivity index (χ0v) is 12.9. The summed E-state index contributed by atoms with van der Waals surface area (Å²) >= 11 is 5.93. The second kappa shape index (κ2) is 6.12. The maximum atomic E-state index is 12.6. The molecule has 20 heavy (non-hydrogen) atoms.